The van der Waals surface area contributed by atoms with Crippen molar-refractivity contribution in [3.8, 4) is 5.75 Å². The van der Waals surface area contributed by atoms with Crippen molar-refractivity contribution in [2.75, 3.05) is 0 Å². The van der Waals surface area contributed by atoms with Gasteiger partial charge >= 0.3 is 0 Å². The van der Waals surface area contributed by atoms with Gasteiger partial charge in [-0.1, -0.05) is 26.8 Å². The Labute approximate surface area is 85.8 Å². The fourth-order valence-corrected chi connectivity index (χ4v) is 2.26. The van der Waals surface area contributed by atoms with Gasteiger partial charge in [-0.05, 0) is 47.4 Å². The Bertz CT molecular complexity index is 352. The minimum absolute atomic E-state index is 0.499. The third-order valence-electron chi connectivity index (χ3n) is 3.31. The first kappa shape index (κ1) is 9.57. The van der Waals surface area contributed by atoms with Crippen LogP contribution in [0.5, 0.6) is 5.75 Å². The van der Waals surface area contributed by atoms with Crippen molar-refractivity contribution in [1.29, 1.82) is 0 Å². The van der Waals surface area contributed by atoms with E-state index in [0.29, 0.717) is 17.6 Å². The summed E-state index contributed by atoms with van der Waals surface area (Å²) in [6.07, 6.45) is 2.23. The van der Waals surface area contributed by atoms with Crippen LogP contribution in [0.1, 0.15) is 55.7 Å². The van der Waals surface area contributed by atoms with Gasteiger partial charge < -0.3 is 5.11 Å². The minimum atomic E-state index is 0.499. The van der Waals surface area contributed by atoms with Gasteiger partial charge in [-0.25, -0.2) is 0 Å². The predicted molar refractivity (Wildman–Crippen MR) is 58.9 cm³/mol. The molecule has 2 rings (SSSR count). The monoisotopic (exact) mass is 190 g/mol. The summed E-state index contributed by atoms with van der Waals surface area (Å²) >= 11 is 0. The van der Waals surface area contributed by atoms with Gasteiger partial charge in [-0.15, -0.1) is 0 Å². The Morgan fingerprint density at radius 2 is 2.07 bits per heavy atom. The van der Waals surface area contributed by atoms with E-state index in [1.165, 1.54) is 23.1 Å². The summed E-state index contributed by atoms with van der Waals surface area (Å²) in [4.78, 5) is 0. The smallest absolute Gasteiger partial charge is 0.119 e. The quantitative estimate of drug-likeness (QED) is 0.717. The lowest BCUT2D eigenvalue weighted by Gasteiger charge is -2.12. The molecule has 0 amide bonds. The Balaban J connectivity index is 2.52. The second-order valence-corrected chi connectivity index (χ2v) is 4.70. The van der Waals surface area contributed by atoms with Crippen LogP contribution in [0.4, 0.5) is 0 Å². The molecule has 0 heterocycles. The van der Waals surface area contributed by atoms with Crippen molar-refractivity contribution in [3.63, 3.8) is 0 Å². The maximum Gasteiger partial charge on any atom is 0.119 e. The maximum atomic E-state index is 9.88. The van der Waals surface area contributed by atoms with Crippen LogP contribution in [0, 0.1) is 0 Å². The summed E-state index contributed by atoms with van der Waals surface area (Å²) in [5.41, 5.74) is 3.81. The van der Waals surface area contributed by atoms with Gasteiger partial charge in [0.25, 0.3) is 0 Å². The summed E-state index contributed by atoms with van der Waals surface area (Å²) in [5.74, 6) is 1.63. The molecule has 1 unspecified atom stereocenters. The Kier molecular flexibility index (Phi) is 2.26. The summed E-state index contributed by atoms with van der Waals surface area (Å²) in [6.45, 7) is 6.58. The van der Waals surface area contributed by atoms with E-state index in [0.717, 1.165) is 6.42 Å². The molecular formula is C13H18O. The lowest BCUT2D eigenvalue weighted by atomic mass is 9.95. The second kappa shape index (κ2) is 3.30. The first-order valence-electron chi connectivity index (χ1n) is 5.45. The van der Waals surface area contributed by atoms with Crippen molar-refractivity contribution < 1.29 is 5.11 Å². The fraction of sp³-hybridized carbons (Fsp3) is 0.538. The van der Waals surface area contributed by atoms with Crippen LogP contribution in [-0.4, -0.2) is 5.11 Å². The van der Waals surface area contributed by atoms with Gasteiger partial charge in [0.05, 0.1) is 0 Å². The SMILES string of the molecule is CC(C)c1cc(O)c2c(c1)C(C)CC2. The largest absolute Gasteiger partial charge is 0.508 e. The minimum Gasteiger partial charge on any atom is -0.508 e. The normalized spacial score (nSPS) is 20.1. The molecule has 0 aliphatic heterocycles. The van der Waals surface area contributed by atoms with E-state index in [1.807, 2.05) is 6.07 Å². The number of aromatic hydroxyl groups is 1. The van der Waals surface area contributed by atoms with Crippen LogP contribution in [0.2, 0.25) is 0 Å². The van der Waals surface area contributed by atoms with E-state index in [-0.39, 0.29) is 0 Å². The molecule has 1 aliphatic carbocycles. The highest BCUT2D eigenvalue weighted by Gasteiger charge is 2.22. The van der Waals surface area contributed by atoms with Crippen molar-refractivity contribution in [1.82, 2.24) is 0 Å². The van der Waals surface area contributed by atoms with E-state index < -0.39 is 0 Å². The molecule has 0 saturated carbocycles. The average Bonchev–Trinajstić information content (AvgIpc) is 2.48. The number of fused-ring (bicyclic) bond motifs is 1. The number of benzene rings is 1. The molecule has 76 valence electrons. The molecule has 1 aromatic carbocycles. The molecule has 1 heteroatoms. The molecule has 0 fully saturated rings. The lowest BCUT2D eigenvalue weighted by Crippen LogP contribution is -1.93. The maximum absolute atomic E-state index is 9.88. The second-order valence-electron chi connectivity index (χ2n) is 4.70. The number of hydrogen-bond donors (Lipinski definition) is 1. The van der Waals surface area contributed by atoms with Gasteiger partial charge in [0, 0.05) is 0 Å². The average molecular weight is 190 g/mol. The standard InChI is InChI=1S/C13H18O/c1-8(2)10-6-12-9(3)4-5-11(12)13(14)7-10/h6-9,14H,4-5H2,1-3H3. The molecule has 0 bridgehead atoms. The molecule has 1 aliphatic rings. The lowest BCUT2D eigenvalue weighted by molar-refractivity contribution is 0.468. The highest BCUT2D eigenvalue weighted by atomic mass is 16.3. The van der Waals surface area contributed by atoms with E-state index in [9.17, 15) is 5.11 Å². The van der Waals surface area contributed by atoms with Crippen molar-refractivity contribution in [2.24, 2.45) is 0 Å². The Hall–Kier alpha value is -0.980. The van der Waals surface area contributed by atoms with Crippen LogP contribution in [0.15, 0.2) is 12.1 Å². The highest BCUT2D eigenvalue weighted by Crippen LogP contribution is 2.39. The molecule has 0 spiro atoms. The van der Waals surface area contributed by atoms with Gasteiger partial charge in [0.15, 0.2) is 0 Å². The third kappa shape index (κ3) is 1.41. The van der Waals surface area contributed by atoms with Crippen molar-refractivity contribution >= 4 is 0 Å². The van der Waals surface area contributed by atoms with Crippen LogP contribution < -0.4 is 0 Å². The topological polar surface area (TPSA) is 20.2 Å². The third-order valence-corrected chi connectivity index (χ3v) is 3.31. The number of hydrogen-bond acceptors (Lipinski definition) is 1. The van der Waals surface area contributed by atoms with Crippen LogP contribution in [-0.2, 0) is 6.42 Å². The van der Waals surface area contributed by atoms with E-state index >= 15 is 0 Å². The van der Waals surface area contributed by atoms with Crippen LogP contribution >= 0.6 is 0 Å². The first-order valence-corrected chi connectivity index (χ1v) is 5.45. The van der Waals surface area contributed by atoms with E-state index in [4.69, 9.17) is 0 Å². The Morgan fingerprint density at radius 3 is 2.71 bits per heavy atom. The van der Waals surface area contributed by atoms with Crippen LogP contribution in [0.25, 0.3) is 0 Å². The van der Waals surface area contributed by atoms with Gasteiger partial charge in [0.1, 0.15) is 5.75 Å². The predicted octanol–water partition coefficient (Wildman–Crippen LogP) is 3.57. The first-order chi connectivity index (χ1) is 6.59. The summed E-state index contributed by atoms with van der Waals surface area (Å²) < 4.78 is 0. The molecule has 14 heavy (non-hydrogen) atoms. The molecule has 1 N–H and O–H groups in total. The van der Waals surface area contributed by atoms with Gasteiger partial charge in [0.2, 0.25) is 0 Å². The summed E-state index contributed by atoms with van der Waals surface area (Å²) in [6, 6.07) is 4.21. The van der Waals surface area contributed by atoms with Crippen molar-refractivity contribution in [3.05, 3.63) is 28.8 Å². The number of rotatable bonds is 1. The van der Waals surface area contributed by atoms with E-state index in [1.54, 1.807) is 0 Å². The zero-order valence-corrected chi connectivity index (χ0v) is 9.17. The zero-order chi connectivity index (χ0) is 10.3. The van der Waals surface area contributed by atoms with E-state index in [2.05, 4.69) is 26.8 Å². The summed E-state index contributed by atoms with van der Waals surface area (Å²) in [5, 5.41) is 9.88. The number of phenolic OH excluding ortho intramolecular Hbond substituents is 1. The fourth-order valence-electron chi connectivity index (χ4n) is 2.26. The molecule has 0 saturated heterocycles. The summed E-state index contributed by atoms with van der Waals surface area (Å²) in [7, 11) is 0. The highest BCUT2D eigenvalue weighted by molar-refractivity contribution is 5.48. The van der Waals surface area contributed by atoms with Crippen molar-refractivity contribution in [2.45, 2.75) is 45.4 Å². The molecular weight excluding hydrogens is 172 g/mol. The van der Waals surface area contributed by atoms with Gasteiger partial charge in [-0.3, -0.25) is 0 Å². The molecule has 1 nitrogen and oxygen atoms in total. The molecule has 0 radical (unpaired) electrons. The zero-order valence-electron chi connectivity index (χ0n) is 9.17. The van der Waals surface area contributed by atoms with Crippen LogP contribution in [0.3, 0.4) is 0 Å². The Morgan fingerprint density at radius 1 is 1.36 bits per heavy atom. The molecule has 1 aromatic rings. The van der Waals surface area contributed by atoms with Gasteiger partial charge in [-0.2, -0.15) is 0 Å². The molecule has 0 aromatic heterocycles. The molecule has 1 atom stereocenters. The number of phenols is 1.